The monoisotopic (exact) mass is 406 g/mol. The van der Waals surface area contributed by atoms with Crippen LogP contribution in [-0.2, 0) is 13.6 Å². The van der Waals surface area contributed by atoms with Crippen LogP contribution in [0.5, 0.6) is 0 Å². The van der Waals surface area contributed by atoms with Crippen LogP contribution in [0.3, 0.4) is 0 Å². The van der Waals surface area contributed by atoms with Gasteiger partial charge in [0.2, 0.25) is 0 Å². The van der Waals surface area contributed by atoms with E-state index in [1.54, 1.807) is 12.4 Å². The second-order valence-electron chi connectivity index (χ2n) is 8.85. The fraction of sp³-hybridized carbons (Fsp3) is 0.522. The molecule has 2 aliphatic heterocycles. The van der Waals surface area contributed by atoms with Gasteiger partial charge in [0.25, 0.3) is 0 Å². The molecule has 7 heteroatoms. The SMILES string of the molecule is Cn1cccc1CN1CCC2(C1)C(=NC1CCCCC1)NC(=O)N2c1cccnc1. The van der Waals surface area contributed by atoms with Crippen LogP contribution in [0.25, 0.3) is 0 Å². The zero-order valence-electron chi connectivity index (χ0n) is 17.6. The number of likely N-dealkylation sites (tertiary alicyclic amines) is 1. The Bertz CT molecular complexity index is 932. The summed E-state index contributed by atoms with van der Waals surface area (Å²) in [6.07, 6.45) is 12.5. The van der Waals surface area contributed by atoms with Gasteiger partial charge in [-0.3, -0.25) is 25.1 Å². The number of hydrogen-bond acceptors (Lipinski definition) is 4. The number of amides is 2. The van der Waals surface area contributed by atoms with E-state index in [4.69, 9.17) is 4.99 Å². The molecule has 1 spiro atoms. The van der Waals surface area contributed by atoms with E-state index in [0.29, 0.717) is 6.04 Å². The summed E-state index contributed by atoms with van der Waals surface area (Å²) in [4.78, 5) is 26.9. The van der Waals surface area contributed by atoms with Crippen molar-refractivity contribution in [2.75, 3.05) is 18.0 Å². The molecular formula is C23H30N6O. The van der Waals surface area contributed by atoms with Gasteiger partial charge < -0.3 is 4.57 Å². The van der Waals surface area contributed by atoms with Crippen LogP contribution in [-0.4, -0.2) is 51.0 Å². The first kappa shape index (κ1) is 19.3. The molecule has 3 aliphatic rings. The van der Waals surface area contributed by atoms with Crippen LogP contribution < -0.4 is 10.2 Å². The number of aromatic nitrogens is 2. The highest BCUT2D eigenvalue weighted by atomic mass is 16.2. The summed E-state index contributed by atoms with van der Waals surface area (Å²) < 4.78 is 2.17. The Morgan fingerprint density at radius 3 is 2.83 bits per heavy atom. The Kier molecular flexibility index (Phi) is 5.06. The van der Waals surface area contributed by atoms with Gasteiger partial charge in [0.05, 0.1) is 17.9 Å². The van der Waals surface area contributed by atoms with Crippen molar-refractivity contribution in [3.05, 3.63) is 48.5 Å². The standard InChI is InChI=1S/C23H30N6O/c1-27-13-6-10-20(27)16-28-14-11-23(17-28)21(25-18-7-3-2-4-8-18)26-22(30)29(23)19-9-5-12-24-15-19/h5-6,9-10,12-13,15,18H,2-4,7-8,11,14,16-17H2,1H3,(H,25,26,30). The van der Waals surface area contributed by atoms with E-state index in [1.807, 2.05) is 17.0 Å². The molecule has 2 aromatic heterocycles. The number of nitrogens with one attached hydrogen (secondary N) is 1. The fourth-order valence-electron chi connectivity index (χ4n) is 5.24. The topological polar surface area (TPSA) is 65.8 Å². The highest BCUT2D eigenvalue weighted by molar-refractivity contribution is 6.19. The molecule has 5 rings (SSSR count). The van der Waals surface area contributed by atoms with Gasteiger partial charge in [-0.15, -0.1) is 0 Å². The Hall–Kier alpha value is -2.67. The number of carbonyl (C=O) groups is 1. The van der Waals surface area contributed by atoms with E-state index in [2.05, 4.69) is 45.1 Å². The first-order chi connectivity index (χ1) is 14.7. The Morgan fingerprint density at radius 1 is 1.23 bits per heavy atom. The molecular weight excluding hydrogens is 376 g/mol. The lowest BCUT2D eigenvalue weighted by molar-refractivity contribution is 0.250. The molecule has 0 bridgehead atoms. The number of hydrogen-bond donors (Lipinski definition) is 1. The fourth-order valence-corrected chi connectivity index (χ4v) is 5.24. The predicted octanol–water partition coefficient (Wildman–Crippen LogP) is 3.33. The molecule has 1 N–H and O–H groups in total. The number of nitrogens with zero attached hydrogens (tertiary/aromatic N) is 5. The van der Waals surface area contributed by atoms with Crippen molar-refractivity contribution >= 4 is 17.6 Å². The van der Waals surface area contributed by atoms with Crippen molar-refractivity contribution in [1.29, 1.82) is 0 Å². The lowest BCUT2D eigenvalue weighted by atomic mass is 9.93. The van der Waals surface area contributed by atoms with Gasteiger partial charge >= 0.3 is 6.03 Å². The number of amidine groups is 1. The number of rotatable bonds is 4. The summed E-state index contributed by atoms with van der Waals surface area (Å²) in [5, 5.41) is 3.15. The first-order valence-electron chi connectivity index (χ1n) is 11.1. The minimum Gasteiger partial charge on any atom is -0.353 e. The van der Waals surface area contributed by atoms with E-state index in [1.165, 1.54) is 25.0 Å². The van der Waals surface area contributed by atoms with Crippen LogP contribution >= 0.6 is 0 Å². The van der Waals surface area contributed by atoms with Crippen molar-refractivity contribution < 1.29 is 4.79 Å². The molecule has 1 atom stereocenters. The van der Waals surface area contributed by atoms with Crippen molar-refractivity contribution in [2.24, 2.45) is 12.0 Å². The third-order valence-corrected chi connectivity index (χ3v) is 6.85. The van der Waals surface area contributed by atoms with Crippen molar-refractivity contribution in [3.8, 4) is 0 Å². The molecule has 0 aromatic carbocycles. The van der Waals surface area contributed by atoms with E-state index in [0.717, 1.165) is 50.4 Å². The average Bonchev–Trinajstić information content (AvgIpc) is 3.43. The summed E-state index contributed by atoms with van der Waals surface area (Å²) >= 11 is 0. The van der Waals surface area contributed by atoms with Crippen LogP contribution in [0.1, 0.15) is 44.2 Å². The maximum atomic E-state index is 13.1. The maximum Gasteiger partial charge on any atom is 0.328 e. The van der Waals surface area contributed by atoms with Gasteiger partial charge in [-0.25, -0.2) is 4.79 Å². The summed E-state index contributed by atoms with van der Waals surface area (Å²) in [7, 11) is 2.08. The van der Waals surface area contributed by atoms with E-state index in [-0.39, 0.29) is 6.03 Å². The average molecular weight is 407 g/mol. The van der Waals surface area contributed by atoms with E-state index < -0.39 is 5.54 Å². The summed E-state index contributed by atoms with van der Waals surface area (Å²) in [5.41, 5.74) is 1.68. The highest BCUT2D eigenvalue weighted by Gasteiger charge is 2.55. The van der Waals surface area contributed by atoms with Crippen LogP contribution in [0, 0.1) is 0 Å². The number of pyridine rings is 1. The van der Waals surface area contributed by atoms with E-state index in [9.17, 15) is 4.79 Å². The quantitative estimate of drug-likeness (QED) is 0.847. The summed E-state index contributed by atoms with van der Waals surface area (Å²) in [6.45, 7) is 2.58. The Balaban J connectivity index is 1.48. The van der Waals surface area contributed by atoms with Crippen LogP contribution in [0.4, 0.5) is 10.5 Å². The molecule has 4 heterocycles. The van der Waals surface area contributed by atoms with Gasteiger partial charge in [0.1, 0.15) is 11.4 Å². The molecule has 1 aliphatic carbocycles. The second-order valence-corrected chi connectivity index (χ2v) is 8.85. The van der Waals surface area contributed by atoms with Crippen LogP contribution in [0.2, 0.25) is 0 Å². The summed E-state index contributed by atoms with van der Waals surface area (Å²) in [6, 6.07) is 8.35. The molecule has 7 nitrogen and oxygen atoms in total. The number of aliphatic imine (C=N–C) groups is 1. The number of anilines is 1. The van der Waals surface area contributed by atoms with Crippen molar-refractivity contribution in [3.63, 3.8) is 0 Å². The number of urea groups is 1. The van der Waals surface area contributed by atoms with Crippen molar-refractivity contribution in [1.82, 2.24) is 19.8 Å². The molecule has 1 saturated carbocycles. The van der Waals surface area contributed by atoms with Crippen LogP contribution in [0.15, 0.2) is 47.8 Å². The zero-order chi connectivity index (χ0) is 20.6. The van der Waals surface area contributed by atoms with Gasteiger partial charge in [-0.05, 0) is 43.5 Å². The third kappa shape index (κ3) is 3.41. The molecule has 158 valence electrons. The smallest absolute Gasteiger partial charge is 0.328 e. The third-order valence-electron chi connectivity index (χ3n) is 6.85. The summed E-state index contributed by atoms with van der Waals surface area (Å²) in [5.74, 6) is 0.859. The minimum atomic E-state index is -0.442. The Labute approximate surface area is 177 Å². The lowest BCUT2D eigenvalue weighted by Gasteiger charge is -2.34. The van der Waals surface area contributed by atoms with Crippen molar-refractivity contribution in [2.45, 2.75) is 56.7 Å². The maximum absolute atomic E-state index is 13.1. The van der Waals surface area contributed by atoms with Gasteiger partial charge in [-0.2, -0.15) is 0 Å². The molecule has 2 aromatic rings. The Morgan fingerprint density at radius 2 is 2.10 bits per heavy atom. The van der Waals surface area contributed by atoms with E-state index >= 15 is 0 Å². The minimum absolute atomic E-state index is 0.0849. The number of aryl methyl sites for hydroxylation is 1. The highest BCUT2D eigenvalue weighted by Crippen LogP contribution is 2.38. The molecule has 0 radical (unpaired) electrons. The van der Waals surface area contributed by atoms with Gasteiger partial charge in [0.15, 0.2) is 0 Å². The largest absolute Gasteiger partial charge is 0.353 e. The number of carbonyl (C=O) groups excluding carboxylic acids is 1. The molecule has 2 saturated heterocycles. The molecule has 30 heavy (non-hydrogen) atoms. The first-order valence-corrected chi connectivity index (χ1v) is 11.1. The normalized spacial score (nSPS) is 26.8. The lowest BCUT2D eigenvalue weighted by Crippen LogP contribution is -2.52. The molecule has 1 unspecified atom stereocenters. The van der Waals surface area contributed by atoms with Gasteiger partial charge in [-0.1, -0.05) is 19.3 Å². The zero-order valence-corrected chi connectivity index (χ0v) is 17.6. The second kappa shape index (κ2) is 7.87. The predicted molar refractivity (Wildman–Crippen MR) is 118 cm³/mol. The van der Waals surface area contributed by atoms with Gasteiger partial charge in [0, 0.05) is 44.8 Å². The molecule has 2 amide bonds. The molecule has 3 fully saturated rings.